The molecule has 1 saturated carbocycles. The van der Waals surface area contributed by atoms with Crippen molar-refractivity contribution in [1.82, 2.24) is 5.16 Å². The molecule has 1 aromatic heterocycles. The highest BCUT2D eigenvalue weighted by molar-refractivity contribution is 5.38. The van der Waals surface area contributed by atoms with Gasteiger partial charge < -0.3 is 10.3 Å². The fourth-order valence-electron chi connectivity index (χ4n) is 2.25. The molecule has 0 amide bonds. The summed E-state index contributed by atoms with van der Waals surface area (Å²) in [6.45, 7) is 1.98. The first kappa shape index (κ1) is 9.56. The first-order valence-corrected chi connectivity index (χ1v) is 5.48. The Morgan fingerprint density at radius 2 is 2.14 bits per heavy atom. The summed E-state index contributed by atoms with van der Waals surface area (Å²) in [6, 6.07) is 0. The highest BCUT2D eigenvalue weighted by Gasteiger charge is 2.17. The molecule has 2 rings (SSSR count). The smallest absolute Gasteiger partial charge is 0.169 e. The highest BCUT2D eigenvalue weighted by atomic mass is 16.5. The van der Waals surface area contributed by atoms with Gasteiger partial charge in [0.1, 0.15) is 5.76 Å². The normalized spacial score (nSPS) is 17.8. The number of hydrogen-bond acceptors (Lipinski definition) is 3. The predicted molar refractivity (Wildman–Crippen MR) is 55.9 cm³/mol. The molecule has 1 aliphatic rings. The third kappa shape index (κ3) is 1.91. The molecule has 1 heterocycles. The Morgan fingerprint density at radius 1 is 1.43 bits per heavy atom. The van der Waals surface area contributed by atoms with Gasteiger partial charge in [-0.1, -0.05) is 30.8 Å². The summed E-state index contributed by atoms with van der Waals surface area (Å²) in [5, 5.41) is 3.76. The molecule has 0 aromatic carbocycles. The minimum atomic E-state index is 0.548. The molecule has 2 N–H and O–H groups in total. The molecule has 14 heavy (non-hydrogen) atoms. The van der Waals surface area contributed by atoms with Gasteiger partial charge in [0.25, 0.3) is 0 Å². The van der Waals surface area contributed by atoms with Crippen molar-refractivity contribution in [2.24, 2.45) is 5.92 Å². The Balaban J connectivity index is 1.88. The molecule has 3 heteroatoms. The summed E-state index contributed by atoms with van der Waals surface area (Å²) < 4.78 is 5.18. The molecule has 1 aliphatic carbocycles. The van der Waals surface area contributed by atoms with Gasteiger partial charge in [-0.2, -0.15) is 0 Å². The molecular formula is C11H18N2O. The molecule has 0 atom stereocenters. The minimum Gasteiger partial charge on any atom is -0.381 e. The van der Waals surface area contributed by atoms with Crippen LogP contribution in [0, 0.1) is 12.8 Å². The van der Waals surface area contributed by atoms with E-state index in [1.807, 2.05) is 6.92 Å². The monoisotopic (exact) mass is 194 g/mol. The van der Waals surface area contributed by atoms with E-state index in [0.717, 1.165) is 23.7 Å². The summed E-state index contributed by atoms with van der Waals surface area (Å²) in [6.07, 6.45) is 7.83. The SMILES string of the molecule is Cc1c(N)noc1CCC1CCCC1. The zero-order valence-electron chi connectivity index (χ0n) is 8.75. The van der Waals surface area contributed by atoms with Gasteiger partial charge in [0.05, 0.1) is 0 Å². The van der Waals surface area contributed by atoms with E-state index in [1.54, 1.807) is 0 Å². The summed E-state index contributed by atoms with van der Waals surface area (Å²) >= 11 is 0. The van der Waals surface area contributed by atoms with Gasteiger partial charge in [0.15, 0.2) is 5.82 Å². The van der Waals surface area contributed by atoms with Crippen LogP contribution in [0.3, 0.4) is 0 Å². The van der Waals surface area contributed by atoms with E-state index in [4.69, 9.17) is 10.3 Å². The van der Waals surface area contributed by atoms with E-state index in [-0.39, 0.29) is 0 Å². The van der Waals surface area contributed by atoms with Gasteiger partial charge in [0, 0.05) is 12.0 Å². The Hall–Kier alpha value is -0.990. The highest BCUT2D eigenvalue weighted by Crippen LogP contribution is 2.29. The summed E-state index contributed by atoms with van der Waals surface area (Å²) in [5.74, 6) is 2.43. The number of rotatable bonds is 3. The second-order valence-electron chi connectivity index (χ2n) is 4.31. The van der Waals surface area contributed by atoms with Gasteiger partial charge in [-0.3, -0.25) is 0 Å². The van der Waals surface area contributed by atoms with Crippen molar-refractivity contribution in [3.8, 4) is 0 Å². The average Bonchev–Trinajstić information content (AvgIpc) is 2.77. The van der Waals surface area contributed by atoms with Gasteiger partial charge in [-0.25, -0.2) is 0 Å². The van der Waals surface area contributed by atoms with Crippen molar-refractivity contribution in [2.45, 2.75) is 45.4 Å². The van der Waals surface area contributed by atoms with Crippen molar-refractivity contribution in [2.75, 3.05) is 5.73 Å². The van der Waals surface area contributed by atoms with E-state index in [9.17, 15) is 0 Å². The van der Waals surface area contributed by atoms with Crippen LogP contribution in [0.2, 0.25) is 0 Å². The molecule has 0 spiro atoms. The number of nitrogen functional groups attached to an aromatic ring is 1. The zero-order chi connectivity index (χ0) is 9.97. The quantitative estimate of drug-likeness (QED) is 0.804. The topological polar surface area (TPSA) is 52.0 Å². The lowest BCUT2D eigenvalue weighted by Crippen LogP contribution is -1.96. The largest absolute Gasteiger partial charge is 0.381 e. The number of nitrogens with two attached hydrogens (primary N) is 1. The van der Waals surface area contributed by atoms with E-state index in [2.05, 4.69) is 5.16 Å². The Bertz CT molecular complexity index is 300. The predicted octanol–water partition coefficient (Wildman–Crippen LogP) is 2.69. The minimum absolute atomic E-state index is 0.548. The van der Waals surface area contributed by atoms with Crippen molar-refractivity contribution in [1.29, 1.82) is 0 Å². The van der Waals surface area contributed by atoms with Crippen LogP contribution >= 0.6 is 0 Å². The number of hydrogen-bond donors (Lipinski definition) is 1. The van der Waals surface area contributed by atoms with E-state index < -0.39 is 0 Å². The van der Waals surface area contributed by atoms with Crippen molar-refractivity contribution >= 4 is 5.82 Å². The molecule has 78 valence electrons. The van der Waals surface area contributed by atoms with Gasteiger partial charge in [-0.15, -0.1) is 0 Å². The van der Waals surface area contributed by atoms with E-state index >= 15 is 0 Å². The fraction of sp³-hybridized carbons (Fsp3) is 0.727. The number of aryl methyl sites for hydroxylation is 1. The van der Waals surface area contributed by atoms with Crippen LogP contribution in [0.4, 0.5) is 5.82 Å². The van der Waals surface area contributed by atoms with Crippen LogP contribution in [-0.2, 0) is 6.42 Å². The lowest BCUT2D eigenvalue weighted by Gasteiger charge is -2.06. The Kier molecular flexibility index (Phi) is 2.75. The molecule has 0 saturated heterocycles. The average molecular weight is 194 g/mol. The van der Waals surface area contributed by atoms with E-state index in [1.165, 1.54) is 32.1 Å². The van der Waals surface area contributed by atoms with Crippen molar-refractivity contribution < 1.29 is 4.52 Å². The second-order valence-corrected chi connectivity index (χ2v) is 4.31. The first-order valence-electron chi connectivity index (χ1n) is 5.48. The number of aromatic nitrogens is 1. The molecule has 1 fully saturated rings. The van der Waals surface area contributed by atoms with Crippen molar-refractivity contribution in [3.63, 3.8) is 0 Å². The lowest BCUT2D eigenvalue weighted by atomic mass is 10.00. The van der Waals surface area contributed by atoms with Crippen LogP contribution in [0.25, 0.3) is 0 Å². The Morgan fingerprint density at radius 3 is 2.71 bits per heavy atom. The maximum atomic E-state index is 5.62. The Labute approximate surface area is 84.7 Å². The number of anilines is 1. The summed E-state index contributed by atoms with van der Waals surface area (Å²) in [7, 11) is 0. The molecular weight excluding hydrogens is 176 g/mol. The third-order valence-electron chi connectivity index (χ3n) is 3.31. The van der Waals surface area contributed by atoms with Crippen LogP contribution in [0.15, 0.2) is 4.52 Å². The summed E-state index contributed by atoms with van der Waals surface area (Å²) in [4.78, 5) is 0. The lowest BCUT2D eigenvalue weighted by molar-refractivity contribution is 0.368. The maximum absolute atomic E-state index is 5.62. The van der Waals surface area contributed by atoms with Crippen LogP contribution in [0.1, 0.15) is 43.4 Å². The van der Waals surface area contributed by atoms with Crippen LogP contribution in [-0.4, -0.2) is 5.16 Å². The zero-order valence-corrected chi connectivity index (χ0v) is 8.75. The molecule has 0 radical (unpaired) electrons. The molecule has 0 bridgehead atoms. The number of nitrogens with zero attached hydrogens (tertiary/aromatic N) is 1. The molecule has 0 aliphatic heterocycles. The third-order valence-corrected chi connectivity index (χ3v) is 3.31. The van der Waals surface area contributed by atoms with Gasteiger partial charge in [0.2, 0.25) is 0 Å². The molecule has 1 aromatic rings. The second kappa shape index (κ2) is 4.03. The van der Waals surface area contributed by atoms with Crippen LogP contribution in [0.5, 0.6) is 0 Å². The molecule has 3 nitrogen and oxygen atoms in total. The fourth-order valence-corrected chi connectivity index (χ4v) is 2.25. The van der Waals surface area contributed by atoms with Crippen LogP contribution < -0.4 is 5.73 Å². The first-order chi connectivity index (χ1) is 6.77. The standard InChI is InChI=1S/C11H18N2O/c1-8-10(14-13-11(8)12)7-6-9-4-2-3-5-9/h9H,2-7H2,1H3,(H2,12,13). The molecule has 0 unspecified atom stereocenters. The maximum Gasteiger partial charge on any atom is 0.169 e. The van der Waals surface area contributed by atoms with E-state index in [0.29, 0.717) is 5.82 Å². The summed E-state index contributed by atoms with van der Waals surface area (Å²) in [5.41, 5.74) is 6.65. The van der Waals surface area contributed by atoms with Gasteiger partial charge >= 0.3 is 0 Å². The van der Waals surface area contributed by atoms with Crippen molar-refractivity contribution in [3.05, 3.63) is 11.3 Å². The van der Waals surface area contributed by atoms with Gasteiger partial charge in [-0.05, 0) is 19.3 Å².